The zero-order chi connectivity index (χ0) is 16.8. The zero-order valence-corrected chi connectivity index (χ0v) is 13.4. The summed E-state index contributed by atoms with van der Waals surface area (Å²) in [6.45, 7) is 3.08. The van der Waals surface area contributed by atoms with Crippen molar-refractivity contribution in [2.24, 2.45) is 5.10 Å². The lowest BCUT2D eigenvalue weighted by molar-refractivity contribution is -0.119. The summed E-state index contributed by atoms with van der Waals surface area (Å²) < 4.78 is 11.0. The first-order valence-corrected chi connectivity index (χ1v) is 7.74. The highest BCUT2D eigenvalue weighted by atomic mass is 16.6. The zero-order valence-electron chi connectivity index (χ0n) is 13.4. The number of anilines is 1. The summed E-state index contributed by atoms with van der Waals surface area (Å²) in [7, 11) is 0. The number of amides is 1. The second-order valence-corrected chi connectivity index (χ2v) is 5.31. The molecule has 2 aromatic rings. The van der Waals surface area contributed by atoms with Gasteiger partial charge in [0.25, 0.3) is 5.91 Å². The van der Waals surface area contributed by atoms with Crippen LogP contribution in [-0.4, -0.2) is 31.4 Å². The number of benzene rings is 2. The average molecular weight is 325 g/mol. The SMILES string of the molecule is C/C(=N/NC(=O)CNc1ccccc1)c1ccc2c(c1)OCCO2. The number of para-hydroxylation sites is 1. The summed E-state index contributed by atoms with van der Waals surface area (Å²) in [6.07, 6.45) is 0. The molecule has 3 rings (SSSR count). The summed E-state index contributed by atoms with van der Waals surface area (Å²) in [5.41, 5.74) is 5.00. The van der Waals surface area contributed by atoms with Gasteiger partial charge in [0.05, 0.1) is 12.3 Å². The van der Waals surface area contributed by atoms with E-state index in [9.17, 15) is 4.79 Å². The van der Waals surface area contributed by atoms with Crippen LogP contribution in [0.15, 0.2) is 53.6 Å². The minimum Gasteiger partial charge on any atom is -0.486 e. The molecule has 0 saturated heterocycles. The third-order valence-corrected chi connectivity index (χ3v) is 3.54. The Morgan fingerprint density at radius 1 is 1.08 bits per heavy atom. The lowest BCUT2D eigenvalue weighted by atomic mass is 10.1. The summed E-state index contributed by atoms with van der Waals surface area (Å²) in [5, 5.41) is 7.17. The van der Waals surface area contributed by atoms with Gasteiger partial charge >= 0.3 is 0 Å². The molecule has 0 unspecified atom stereocenters. The quantitative estimate of drug-likeness (QED) is 0.654. The molecule has 2 N–H and O–H groups in total. The van der Waals surface area contributed by atoms with Crippen LogP contribution in [0, 0.1) is 0 Å². The number of carbonyl (C=O) groups is 1. The highest BCUT2D eigenvalue weighted by molar-refractivity contribution is 6.00. The van der Waals surface area contributed by atoms with Crippen LogP contribution in [0.1, 0.15) is 12.5 Å². The lowest BCUT2D eigenvalue weighted by Gasteiger charge is -2.18. The van der Waals surface area contributed by atoms with E-state index < -0.39 is 0 Å². The number of hydrogen-bond donors (Lipinski definition) is 2. The van der Waals surface area contributed by atoms with E-state index in [4.69, 9.17) is 9.47 Å². The van der Waals surface area contributed by atoms with Crippen LogP contribution >= 0.6 is 0 Å². The molecule has 24 heavy (non-hydrogen) atoms. The van der Waals surface area contributed by atoms with E-state index in [1.807, 2.05) is 55.5 Å². The predicted molar refractivity (Wildman–Crippen MR) is 92.7 cm³/mol. The van der Waals surface area contributed by atoms with Crippen LogP contribution in [0.4, 0.5) is 5.69 Å². The van der Waals surface area contributed by atoms with Crippen molar-refractivity contribution in [2.75, 3.05) is 25.1 Å². The summed E-state index contributed by atoms with van der Waals surface area (Å²) >= 11 is 0. The second-order valence-electron chi connectivity index (χ2n) is 5.31. The van der Waals surface area contributed by atoms with Crippen LogP contribution < -0.4 is 20.2 Å². The maximum Gasteiger partial charge on any atom is 0.259 e. The van der Waals surface area contributed by atoms with Gasteiger partial charge in [-0.2, -0.15) is 5.10 Å². The van der Waals surface area contributed by atoms with E-state index in [0.29, 0.717) is 24.7 Å². The van der Waals surface area contributed by atoms with Gasteiger partial charge in [-0.25, -0.2) is 5.43 Å². The monoisotopic (exact) mass is 325 g/mol. The Kier molecular flexibility index (Phi) is 4.96. The van der Waals surface area contributed by atoms with E-state index in [1.54, 1.807) is 0 Å². The molecule has 1 heterocycles. The third-order valence-electron chi connectivity index (χ3n) is 3.54. The van der Waals surface area contributed by atoms with Crippen LogP contribution in [0.5, 0.6) is 11.5 Å². The van der Waals surface area contributed by atoms with Crippen molar-refractivity contribution in [1.82, 2.24) is 5.43 Å². The van der Waals surface area contributed by atoms with Gasteiger partial charge in [0, 0.05) is 11.3 Å². The van der Waals surface area contributed by atoms with Crippen LogP contribution in [0.2, 0.25) is 0 Å². The molecule has 1 aliphatic heterocycles. The van der Waals surface area contributed by atoms with Gasteiger partial charge in [0.1, 0.15) is 13.2 Å². The Hall–Kier alpha value is -3.02. The van der Waals surface area contributed by atoms with Gasteiger partial charge in [0.15, 0.2) is 11.5 Å². The third kappa shape index (κ3) is 4.04. The molecule has 0 spiro atoms. The molecule has 2 aromatic carbocycles. The molecule has 0 radical (unpaired) electrons. The van der Waals surface area contributed by atoms with E-state index in [0.717, 1.165) is 17.0 Å². The molecular formula is C18H19N3O3. The minimum absolute atomic E-state index is 0.155. The van der Waals surface area contributed by atoms with Crippen molar-refractivity contribution in [2.45, 2.75) is 6.92 Å². The number of nitrogens with zero attached hydrogens (tertiary/aromatic N) is 1. The predicted octanol–water partition coefficient (Wildman–Crippen LogP) is 2.41. The first kappa shape index (κ1) is 15.9. The fourth-order valence-corrected chi connectivity index (χ4v) is 2.26. The lowest BCUT2D eigenvalue weighted by Crippen LogP contribution is -2.26. The Labute approximate surface area is 140 Å². The standard InChI is InChI=1S/C18H19N3O3/c1-13(14-7-8-16-17(11-14)24-10-9-23-16)20-21-18(22)12-19-15-5-3-2-4-6-15/h2-8,11,19H,9-10,12H2,1H3,(H,21,22)/b20-13-. The number of ether oxygens (including phenoxy) is 2. The van der Waals surface area contributed by atoms with Crippen LogP contribution in [0.25, 0.3) is 0 Å². The van der Waals surface area contributed by atoms with Gasteiger partial charge in [-0.15, -0.1) is 0 Å². The summed E-state index contributed by atoms with van der Waals surface area (Å²) in [5.74, 6) is 1.22. The van der Waals surface area contributed by atoms with Crippen LogP contribution in [-0.2, 0) is 4.79 Å². The molecule has 0 saturated carbocycles. The molecule has 0 atom stereocenters. The second kappa shape index (κ2) is 7.50. The first-order valence-electron chi connectivity index (χ1n) is 7.74. The Morgan fingerprint density at radius 2 is 1.83 bits per heavy atom. The number of fused-ring (bicyclic) bond motifs is 1. The average Bonchev–Trinajstić information content (AvgIpc) is 2.65. The van der Waals surface area contributed by atoms with Crippen molar-refractivity contribution >= 4 is 17.3 Å². The van der Waals surface area contributed by atoms with Gasteiger partial charge < -0.3 is 14.8 Å². The van der Waals surface area contributed by atoms with Crippen molar-refractivity contribution < 1.29 is 14.3 Å². The first-order chi connectivity index (χ1) is 11.7. The molecule has 0 aromatic heterocycles. The molecule has 6 heteroatoms. The largest absolute Gasteiger partial charge is 0.486 e. The molecule has 0 aliphatic carbocycles. The minimum atomic E-state index is -0.212. The number of nitrogens with one attached hydrogen (secondary N) is 2. The maximum atomic E-state index is 11.9. The Morgan fingerprint density at radius 3 is 2.62 bits per heavy atom. The van der Waals surface area contributed by atoms with Crippen molar-refractivity contribution in [1.29, 1.82) is 0 Å². The topological polar surface area (TPSA) is 72.0 Å². The maximum absolute atomic E-state index is 11.9. The highest BCUT2D eigenvalue weighted by Gasteiger charge is 2.12. The van der Waals surface area contributed by atoms with Gasteiger partial charge in [-0.3, -0.25) is 4.79 Å². The highest BCUT2D eigenvalue weighted by Crippen LogP contribution is 2.30. The molecular weight excluding hydrogens is 306 g/mol. The van der Waals surface area contributed by atoms with E-state index >= 15 is 0 Å². The number of rotatable bonds is 5. The number of hydrogen-bond acceptors (Lipinski definition) is 5. The van der Waals surface area contributed by atoms with Crippen molar-refractivity contribution in [3.63, 3.8) is 0 Å². The fourth-order valence-electron chi connectivity index (χ4n) is 2.26. The van der Waals surface area contributed by atoms with E-state index in [2.05, 4.69) is 15.8 Å². The molecule has 1 amide bonds. The normalized spacial score (nSPS) is 13.3. The summed E-state index contributed by atoms with van der Waals surface area (Å²) in [4.78, 5) is 11.9. The molecule has 1 aliphatic rings. The molecule has 0 bridgehead atoms. The molecule has 6 nitrogen and oxygen atoms in total. The summed E-state index contributed by atoms with van der Waals surface area (Å²) in [6, 6.07) is 15.1. The fraction of sp³-hybridized carbons (Fsp3) is 0.222. The van der Waals surface area contributed by atoms with Crippen molar-refractivity contribution in [3.8, 4) is 11.5 Å². The van der Waals surface area contributed by atoms with Gasteiger partial charge in [0.2, 0.25) is 0 Å². The number of hydrazone groups is 1. The smallest absolute Gasteiger partial charge is 0.259 e. The number of carbonyl (C=O) groups excluding carboxylic acids is 1. The van der Waals surface area contributed by atoms with Crippen LogP contribution in [0.3, 0.4) is 0 Å². The molecule has 0 fully saturated rings. The van der Waals surface area contributed by atoms with Gasteiger partial charge in [-0.05, 0) is 37.3 Å². The van der Waals surface area contributed by atoms with Crippen molar-refractivity contribution in [3.05, 3.63) is 54.1 Å². The Balaban J connectivity index is 1.56. The Bertz CT molecular complexity index is 744. The van der Waals surface area contributed by atoms with E-state index in [-0.39, 0.29) is 12.5 Å². The van der Waals surface area contributed by atoms with Gasteiger partial charge in [-0.1, -0.05) is 18.2 Å². The van der Waals surface area contributed by atoms with E-state index in [1.165, 1.54) is 0 Å². The molecule has 124 valence electrons.